The van der Waals surface area contributed by atoms with Gasteiger partial charge in [-0.1, -0.05) is 12.8 Å². The van der Waals surface area contributed by atoms with E-state index in [9.17, 15) is 9.59 Å². The second-order valence-electron chi connectivity index (χ2n) is 4.76. The average Bonchev–Trinajstić information content (AvgIpc) is 2.76. The molecule has 2 aliphatic rings. The molecule has 3 atom stereocenters. The van der Waals surface area contributed by atoms with Crippen LogP contribution in [0.25, 0.3) is 0 Å². The summed E-state index contributed by atoms with van der Waals surface area (Å²) >= 11 is 0. The number of methoxy groups -OCH3 is 2. The standard InChI is InChI=1S/C12H19NO4/c1-16-11(14)10-7-8-5-3-4-6-9(8)13(10)12(15)17-2/h8-10H,3-7H2,1-2H3/t8?,9-,10?/m0/s1. The first-order valence-electron chi connectivity index (χ1n) is 6.13. The van der Waals surface area contributed by atoms with Crippen LogP contribution in [0.5, 0.6) is 0 Å². The van der Waals surface area contributed by atoms with Crippen molar-refractivity contribution in [1.29, 1.82) is 0 Å². The first-order valence-corrected chi connectivity index (χ1v) is 6.13. The number of fused-ring (bicyclic) bond motifs is 1. The minimum atomic E-state index is -0.458. The van der Waals surface area contributed by atoms with E-state index < -0.39 is 12.1 Å². The van der Waals surface area contributed by atoms with E-state index >= 15 is 0 Å². The highest BCUT2D eigenvalue weighted by molar-refractivity contribution is 5.82. The van der Waals surface area contributed by atoms with Crippen LogP contribution in [-0.2, 0) is 14.3 Å². The molecule has 2 unspecified atom stereocenters. The SMILES string of the molecule is COC(=O)C1CC2CCCC[C@@H]2N1C(=O)OC. The van der Waals surface area contributed by atoms with Crippen molar-refractivity contribution in [2.45, 2.75) is 44.2 Å². The highest BCUT2D eigenvalue weighted by Gasteiger charge is 2.48. The van der Waals surface area contributed by atoms with Crippen LogP contribution in [-0.4, -0.2) is 43.3 Å². The molecular weight excluding hydrogens is 222 g/mol. The molecule has 17 heavy (non-hydrogen) atoms. The molecule has 0 aromatic rings. The van der Waals surface area contributed by atoms with Gasteiger partial charge in [0.05, 0.1) is 14.2 Å². The molecule has 0 radical (unpaired) electrons. The summed E-state index contributed by atoms with van der Waals surface area (Å²) in [6.45, 7) is 0. The van der Waals surface area contributed by atoms with Gasteiger partial charge in [-0.05, 0) is 25.2 Å². The van der Waals surface area contributed by atoms with E-state index in [-0.39, 0.29) is 12.0 Å². The second kappa shape index (κ2) is 4.94. The summed E-state index contributed by atoms with van der Waals surface area (Å²) in [5.41, 5.74) is 0. The van der Waals surface area contributed by atoms with Crippen LogP contribution in [0, 0.1) is 5.92 Å². The van der Waals surface area contributed by atoms with E-state index in [0.717, 1.165) is 19.3 Å². The van der Waals surface area contributed by atoms with Crippen molar-refractivity contribution in [2.75, 3.05) is 14.2 Å². The first kappa shape index (κ1) is 12.2. The Balaban J connectivity index is 2.20. The Morgan fingerprint density at radius 3 is 2.47 bits per heavy atom. The number of amides is 1. The molecular formula is C12H19NO4. The van der Waals surface area contributed by atoms with E-state index in [1.54, 1.807) is 4.90 Å². The van der Waals surface area contributed by atoms with Crippen LogP contribution in [0.2, 0.25) is 0 Å². The lowest BCUT2D eigenvalue weighted by atomic mass is 9.85. The zero-order chi connectivity index (χ0) is 12.4. The van der Waals surface area contributed by atoms with Gasteiger partial charge in [-0.25, -0.2) is 9.59 Å². The number of hydrogen-bond donors (Lipinski definition) is 0. The summed E-state index contributed by atoms with van der Waals surface area (Å²) < 4.78 is 9.56. The van der Waals surface area contributed by atoms with Crippen LogP contribution in [0.3, 0.4) is 0 Å². The van der Waals surface area contributed by atoms with Crippen LogP contribution >= 0.6 is 0 Å². The molecule has 2 rings (SSSR count). The Bertz CT molecular complexity index is 318. The van der Waals surface area contributed by atoms with Crippen molar-refractivity contribution in [2.24, 2.45) is 5.92 Å². The van der Waals surface area contributed by atoms with Crippen LogP contribution in [0.4, 0.5) is 4.79 Å². The van der Waals surface area contributed by atoms with Gasteiger partial charge in [0.2, 0.25) is 0 Å². The van der Waals surface area contributed by atoms with Gasteiger partial charge in [-0.3, -0.25) is 4.90 Å². The fourth-order valence-electron chi connectivity index (χ4n) is 3.17. The van der Waals surface area contributed by atoms with Crippen molar-refractivity contribution < 1.29 is 19.1 Å². The van der Waals surface area contributed by atoms with Gasteiger partial charge >= 0.3 is 12.1 Å². The number of esters is 1. The van der Waals surface area contributed by atoms with E-state index in [0.29, 0.717) is 12.3 Å². The molecule has 0 N–H and O–H groups in total. The number of carbonyl (C=O) groups excluding carboxylic acids is 2. The van der Waals surface area contributed by atoms with E-state index in [1.165, 1.54) is 20.6 Å². The normalized spacial score (nSPS) is 31.9. The average molecular weight is 241 g/mol. The molecule has 1 aliphatic carbocycles. The summed E-state index contributed by atoms with van der Waals surface area (Å²) in [6, 6.07) is -0.305. The van der Waals surface area contributed by atoms with Crippen molar-refractivity contribution >= 4 is 12.1 Å². The molecule has 5 heteroatoms. The quantitative estimate of drug-likeness (QED) is 0.654. The smallest absolute Gasteiger partial charge is 0.410 e. The molecule has 96 valence electrons. The van der Waals surface area contributed by atoms with E-state index in [2.05, 4.69) is 0 Å². The van der Waals surface area contributed by atoms with Crippen LogP contribution in [0.15, 0.2) is 0 Å². The minimum Gasteiger partial charge on any atom is -0.467 e. The molecule has 1 heterocycles. The molecule has 2 fully saturated rings. The van der Waals surface area contributed by atoms with Crippen molar-refractivity contribution in [3.05, 3.63) is 0 Å². The van der Waals surface area contributed by atoms with E-state index in [4.69, 9.17) is 9.47 Å². The number of ether oxygens (including phenoxy) is 2. The Morgan fingerprint density at radius 2 is 1.82 bits per heavy atom. The third-order valence-corrected chi connectivity index (χ3v) is 3.95. The summed E-state index contributed by atoms with van der Waals surface area (Å²) in [5, 5.41) is 0. The number of nitrogens with zero attached hydrogens (tertiary/aromatic N) is 1. The summed E-state index contributed by atoms with van der Waals surface area (Å²) in [6.07, 6.45) is 4.66. The first-order chi connectivity index (χ1) is 8.19. The lowest BCUT2D eigenvalue weighted by Crippen LogP contribution is -2.46. The molecule has 1 amide bonds. The van der Waals surface area contributed by atoms with Gasteiger partial charge in [-0.15, -0.1) is 0 Å². The van der Waals surface area contributed by atoms with Crippen molar-refractivity contribution in [3.8, 4) is 0 Å². The predicted molar refractivity (Wildman–Crippen MR) is 60.4 cm³/mol. The topological polar surface area (TPSA) is 55.8 Å². The molecule has 0 spiro atoms. The Labute approximate surface area is 101 Å². The Morgan fingerprint density at radius 1 is 1.12 bits per heavy atom. The number of carbonyl (C=O) groups is 2. The maximum atomic E-state index is 11.8. The highest BCUT2D eigenvalue weighted by Crippen LogP contribution is 2.40. The lowest BCUT2D eigenvalue weighted by molar-refractivity contribution is -0.145. The van der Waals surface area contributed by atoms with Crippen LogP contribution < -0.4 is 0 Å². The molecule has 0 aromatic heterocycles. The minimum absolute atomic E-state index is 0.153. The summed E-state index contributed by atoms with van der Waals surface area (Å²) in [7, 11) is 2.71. The Hall–Kier alpha value is -1.26. The molecule has 1 saturated heterocycles. The van der Waals surface area contributed by atoms with Gasteiger partial charge in [0.15, 0.2) is 0 Å². The maximum absolute atomic E-state index is 11.8. The monoisotopic (exact) mass is 241 g/mol. The zero-order valence-electron chi connectivity index (χ0n) is 10.3. The third-order valence-electron chi connectivity index (χ3n) is 3.95. The molecule has 5 nitrogen and oxygen atoms in total. The number of rotatable bonds is 1. The van der Waals surface area contributed by atoms with Crippen LogP contribution in [0.1, 0.15) is 32.1 Å². The predicted octanol–water partition coefficient (Wildman–Crippen LogP) is 1.56. The van der Waals surface area contributed by atoms with Crippen molar-refractivity contribution in [3.63, 3.8) is 0 Å². The fraction of sp³-hybridized carbons (Fsp3) is 0.833. The van der Waals surface area contributed by atoms with Gasteiger partial charge < -0.3 is 9.47 Å². The highest BCUT2D eigenvalue weighted by atomic mass is 16.5. The van der Waals surface area contributed by atoms with Crippen molar-refractivity contribution in [1.82, 2.24) is 4.90 Å². The molecule has 0 aromatic carbocycles. The second-order valence-corrected chi connectivity index (χ2v) is 4.76. The summed E-state index contributed by atoms with van der Waals surface area (Å²) in [5.74, 6) is 0.0942. The molecule has 1 aliphatic heterocycles. The zero-order valence-corrected chi connectivity index (χ0v) is 10.3. The molecule has 1 saturated carbocycles. The van der Waals surface area contributed by atoms with E-state index in [1.807, 2.05) is 0 Å². The lowest BCUT2D eigenvalue weighted by Gasteiger charge is -2.31. The summed E-state index contributed by atoms with van der Waals surface area (Å²) in [4.78, 5) is 25.1. The fourth-order valence-corrected chi connectivity index (χ4v) is 3.17. The van der Waals surface area contributed by atoms with Gasteiger partial charge in [-0.2, -0.15) is 0 Å². The number of hydrogen-bond acceptors (Lipinski definition) is 4. The maximum Gasteiger partial charge on any atom is 0.410 e. The molecule has 0 bridgehead atoms. The van der Waals surface area contributed by atoms with Gasteiger partial charge in [0.1, 0.15) is 6.04 Å². The van der Waals surface area contributed by atoms with Gasteiger partial charge in [0, 0.05) is 6.04 Å². The Kier molecular flexibility index (Phi) is 3.54. The van der Waals surface area contributed by atoms with Gasteiger partial charge in [0.25, 0.3) is 0 Å². The largest absolute Gasteiger partial charge is 0.467 e. The number of likely N-dealkylation sites (tertiary alicyclic amines) is 1. The third kappa shape index (κ3) is 2.10.